The normalized spacial score (nSPS) is 14.6. The van der Waals surface area contributed by atoms with Gasteiger partial charge in [0, 0.05) is 16.7 Å². The third-order valence-corrected chi connectivity index (χ3v) is 4.04. The highest BCUT2D eigenvalue weighted by Crippen LogP contribution is 2.53. The zero-order valence-corrected chi connectivity index (χ0v) is 14.6. The van der Waals surface area contributed by atoms with Gasteiger partial charge in [-0.25, -0.2) is 4.79 Å². The maximum Gasteiger partial charge on any atom is 0.352 e. The fourth-order valence-corrected chi connectivity index (χ4v) is 3.02. The van der Waals surface area contributed by atoms with E-state index in [0.717, 1.165) is 11.1 Å². The molecule has 2 aromatic rings. The van der Waals surface area contributed by atoms with Crippen molar-refractivity contribution in [1.82, 2.24) is 0 Å². The zero-order chi connectivity index (χ0) is 18.0. The molecule has 0 fully saturated rings. The summed E-state index contributed by atoms with van der Waals surface area (Å²) in [6.45, 7) is 2.02. The summed E-state index contributed by atoms with van der Waals surface area (Å²) in [6, 6.07) is 9.19. The SMILES string of the molecule is CCOC(=O)C1Oc2ccccc2-c2c1cc(OC)c(OC)c2OC. The van der Waals surface area contributed by atoms with E-state index in [0.29, 0.717) is 28.6 Å². The van der Waals surface area contributed by atoms with Crippen molar-refractivity contribution in [3.8, 4) is 34.1 Å². The second-order valence-corrected chi connectivity index (χ2v) is 5.36. The molecule has 0 bridgehead atoms. The second kappa shape index (κ2) is 6.93. The lowest BCUT2D eigenvalue weighted by Crippen LogP contribution is -2.25. The standard InChI is InChI=1S/C19H20O6/c1-5-24-19(20)16-12-10-14(21-2)17(22-3)18(23-4)15(12)11-8-6-7-9-13(11)25-16/h6-10,16H,5H2,1-4H3. The summed E-state index contributed by atoms with van der Waals surface area (Å²) in [5, 5.41) is 0. The number of rotatable bonds is 5. The van der Waals surface area contributed by atoms with E-state index in [4.69, 9.17) is 23.7 Å². The first-order chi connectivity index (χ1) is 12.2. The Kier molecular flexibility index (Phi) is 4.70. The largest absolute Gasteiger partial charge is 0.493 e. The average Bonchev–Trinajstić information content (AvgIpc) is 2.65. The lowest BCUT2D eigenvalue weighted by atomic mass is 9.91. The molecule has 6 nitrogen and oxygen atoms in total. The Balaban J connectivity index is 2.32. The third-order valence-electron chi connectivity index (χ3n) is 4.04. The Morgan fingerprint density at radius 3 is 2.44 bits per heavy atom. The van der Waals surface area contributed by atoms with Crippen molar-refractivity contribution in [3.05, 3.63) is 35.9 Å². The molecular formula is C19H20O6. The van der Waals surface area contributed by atoms with E-state index in [2.05, 4.69) is 0 Å². The summed E-state index contributed by atoms with van der Waals surface area (Å²) in [5.74, 6) is 1.52. The fourth-order valence-electron chi connectivity index (χ4n) is 3.02. The van der Waals surface area contributed by atoms with Crippen LogP contribution in [0.15, 0.2) is 30.3 Å². The van der Waals surface area contributed by atoms with Crippen LogP contribution in [0.3, 0.4) is 0 Å². The van der Waals surface area contributed by atoms with Crippen molar-refractivity contribution in [3.63, 3.8) is 0 Å². The van der Waals surface area contributed by atoms with Crippen LogP contribution in [0.4, 0.5) is 0 Å². The van der Waals surface area contributed by atoms with E-state index < -0.39 is 12.1 Å². The molecule has 1 atom stereocenters. The molecule has 2 aromatic carbocycles. The first-order valence-electron chi connectivity index (χ1n) is 7.91. The number of ether oxygens (including phenoxy) is 5. The van der Waals surface area contributed by atoms with E-state index in [1.807, 2.05) is 18.2 Å². The summed E-state index contributed by atoms with van der Waals surface area (Å²) < 4.78 is 27.6. The number of hydrogen-bond donors (Lipinski definition) is 0. The molecule has 1 aliphatic rings. The van der Waals surface area contributed by atoms with Crippen molar-refractivity contribution in [2.24, 2.45) is 0 Å². The van der Waals surface area contributed by atoms with Crippen LogP contribution in [0, 0.1) is 0 Å². The van der Waals surface area contributed by atoms with Gasteiger partial charge in [-0.2, -0.15) is 0 Å². The fraction of sp³-hybridized carbons (Fsp3) is 0.316. The topological polar surface area (TPSA) is 63.2 Å². The number of carbonyl (C=O) groups excluding carboxylic acids is 1. The molecule has 0 saturated carbocycles. The lowest BCUT2D eigenvalue weighted by Gasteiger charge is -2.29. The molecule has 0 spiro atoms. The maximum absolute atomic E-state index is 12.5. The molecule has 3 rings (SSSR count). The first kappa shape index (κ1) is 17.0. The van der Waals surface area contributed by atoms with Crippen LogP contribution < -0.4 is 18.9 Å². The Morgan fingerprint density at radius 1 is 1.08 bits per heavy atom. The molecule has 25 heavy (non-hydrogen) atoms. The molecule has 132 valence electrons. The molecule has 1 aliphatic heterocycles. The highest BCUT2D eigenvalue weighted by Gasteiger charge is 2.37. The van der Waals surface area contributed by atoms with Gasteiger partial charge in [-0.1, -0.05) is 18.2 Å². The number of esters is 1. The Morgan fingerprint density at radius 2 is 1.80 bits per heavy atom. The molecular weight excluding hydrogens is 324 g/mol. The average molecular weight is 344 g/mol. The van der Waals surface area contributed by atoms with Crippen molar-refractivity contribution in [2.75, 3.05) is 27.9 Å². The van der Waals surface area contributed by atoms with E-state index in [1.54, 1.807) is 33.3 Å². The van der Waals surface area contributed by atoms with Crippen molar-refractivity contribution in [2.45, 2.75) is 13.0 Å². The van der Waals surface area contributed by atoms with Crippen LogP contribution in [-0.2, 0) is 9.53 Å². The van der Waals surface area contributed by atoms with Gasteiger partial charge < -0.3 is 23.7 Å². The van der Waals surface area contributed by atoms with E-state index in [-0.39, 0.29) is 6.61 Å². The third kappa shape index (κ3) is 2.73. The van der Waals surface area contributed by atoms with Gasteiger partial charge in [0.15, 0.2) is 11.5 Å². The van der Waals surface area contributed by atoms with Gasteiger partial charge in [0.05, 0.1) is 27.9 Å². The van der Waals surface area contributed by atoms with Crippen molar-refractivity contribution >= 4 is 5.97 Å². The molecule has 0 aliphatic carbocycles. The monoisotopic (exact) mass is 344 g/mol. The van der Waals surface area contributed by atoms with E-state index in [1.165, 1.54) is 7.11 Å². The minimum atomic E-state index is -0.904. The van der Waals surface area contributed by atoms with Gasteiger partial charge >= 0.3 is 5.97 Å². The van der Waals surface area contributed by atoms with Gasteiger partial charge in [-0.05, 0) is 19.1 Å². The van der Waals surface area contributed by atoms with Gasteiger partial charge in [-0.3, -0.25) is 0 Å². The van der Waals surface area contributed by atoms with Gasteiger partial charge in [-0.15, -0.1) is 0 Å². The minimum Gasteiger partial charge on any atom is -0.493 e. The predicted octanol–water partition coefficient (Wildman–Crippen LogP) is 3.38. The molecule has 0 radical (unpaired) electrons. The van der Waals surface area contributed by atoms with Crippen LogP contribution in [0.25, 0.3) is 11.1 Å². The van der Waals surface area contributed by atoms with Crippen LogP contribution in [0.1, 0.15) is 18.6 Å². The molecule has 0 aromatic heterocycles. The number of fused-ring (bicyclic) bond motifs is 3. The molecule has 0 saturated heterocycles. The minimum absolute atomic E-state index is 0.264. The maximum atomic E-state index is 12.5. The summed E-state index contributed by atoms with van der Waals surface area (Å²) in [5.41, 5.74) is 2.17. The smallest absolute Gasteiger partial charge is 0.352 e. The van der Waals surface area contributed by atoms with Crippen LogP contribution in [0.2, 0.25) is 0 Å². The van der Waals surface area contributed by atoms with E-state index in [9.17, 15) is 4.79 Å². The Labute approximate surface area is 146 Å². The molecule has 0 N–H and O–H groups in total. The highest BCUT2D eigenvalue weighted by molar-refractivity contribution is 5.90. The first-order valence-corrected chi connectivity index (χ1v) is 7.91. The van der Waals surface area contributed by atoms with Gasteiger partial charge in [0.2, 0.25) is 11.9 Å². The highest BCUT2D eigenvalue weighted by atomic mass is 16.6. The number of para-hydroxylation sites is 1. The molecule has 0 amide bonds. The number of methoxy groups -OCH3 is 3. The Bertz CT molecular complexity index is 799. The summed E-state index contributed by atoms with van der Waals surface area (Å²) in [4.78, 5) is 12.5. The lowest BCUT2D eigenvalue weighted by molar-refractivity contribution is -0.151. The number of benzene rings is 2. The predicted molar refractivity (Wildman–Crippen MR) is 91.5 cm³/mol. The zero-order valence-electron chi connectivity index (χ0n) is 14.6. The van der Waals surface area contributed by atoms with Crippen molar-refractivity contribution < 1.29 is 28.5 Å². The Hall–Kier alpha value is -2.89. The van der Waals surface area contributed by atoms with Crippen LogP contribution in [-0.4, -0.2) is 33.9 Å². The quantitative estimate of drug-likeness (QED) is 0.775. The van der Waals surface area contributed by atoms with Gasteiger partial charge in [0.1, 0.15) is 5.75 Å². The van der Waals surface area contributed by atoms with Crippen molar-refractivity contribution in [1.29, 1.82) is 0 Å². The molecule has 6 heteroatoms. The second-order valence-electron chi connectivity index (χ2n) is 5.36. The summed E-state index contributed by atoms with van der Waals surface area (Å²) in [6.07, 6.45) is -0.904. The number of carbonyl (C=O) groups is 1. The summed E-state index contributed by atoms with van der Waals surface area (Å²) in [7, 11) is 4.62. The van der Waals surface area contributed by atoms with Crippen LogP contribution >= 0.6 is 0 Å². The number of hydrogen-bond acceptors (Lipinski definition) is 6. The molecule has 1 unspecified atom stereocenters. The van der Waals surface area contributed by atoms with Crippen LogP contribution in [0.5, 0.6) is 23.0 Å². The van der Waals surface area contributed by atoms with E-state index >= 15 is 0 Å². The summed E-state index contributed by atoms with van der Waals surface area (Å²) >= 11 is 0. The molecule has 1 heterocycles. The van der Waals surface area contributed by atoms with Gasteiger partial charge in [0.25, 0.3) is 0 Å².